The average Bonchev–Trinajstić information content (AvgIpc) is 3.63. The van der Waals surface area contributed by atoms with Crippen molar-refractivity contribution in [3.8, 4) is 44.3 Å². The van der Waals surface area contributed by atoms with Crippen LogP contribution in [0.25, 0.3) is 76.4 Å². The number of fused-ring (bicyclic) bond motifs is 4. The number of thiophene rings is 1. The molecule has 3 aromatic heterocycles. The van der Waals surface area contributed by atoms with Gasteiger partial charge in [-0.2, -0.15) is 0 Å². The Labute approximate surface area is 235 Å². The molecule has 8 aromatic rings. The lowest BCUT2D eigenvalue weighted by Crippen LogP contribution is -1.96. The monoisotopic (exact) mass is 530 g/mol. The summed E-state index contributed by atoms with van der Waals surface area (Å²) >= 11 is 1.76. The Morgan fingerprint density at radius 2 is 1.23 bits per heavy atom. The smallest absolute Gasteiger partial charge is 0.160 e. The Morgan fingerprint density at radius 1 is 0.500 bits per heavy atom. The maximum Gasteiger partial charge on any atom is 0.160 e. The van der Waals surface area contributed by atoms with E-state index in [-0.39, 0.29) is 0 Å². The third-order valence-electron chi connectivity index (χ3n) is 7.33. The first-order chi connectivity index (χ1) is 19.8. The van der Waals surface area contributed by atoms with Crippen LogP contribution in [0, 0.1) is 0 Å². The second kappa shape index (κ2) is 9.30. The fourth-order valence-corrected chi connectivity index (χ4v) is 6.41. The van der Waals surface area contributed by atoms with Crippen molar-refractivity contribution in [3.63, 3.8) is 0 Å². The molecule has 0 aliphatic carbocycles. The molecule has 0 spiro atoms. The second-order valence-corrected chi connectivity index (χ2v) is 10.9. The highest BCUT2D eigenvalue weighted by Gasteiger charge is 2.16. The van der Waals surface area contributed by atoms with Crippen LogP contribution >= 0.6 is 11.3 Å². The molecule has 0 atom stereocenters. The van der Waals surface area contributed by atoms with E-state index in [1.54, 1.807) is 11.3 Å². The largest absolute Gasteiger partial charge is 0.456 e. The van der Waals surface area contributed by atoms with Crippen LogP contribution < -0.4 is 0 Å². The van der Waals surface area contributed by atoms with Gasteiger partial charge in [-0.05, 0) is 52.9 Å². The molecule has 0 fully saturated rings. The quantitative estimate of drug-likeness (QED) is 0.227. The molecule has 0 bridgehead atoms. The van der Waals surface area contributed by atoms with Gasteiger partial charge in [-0.15, -0.1) is 11.3 Å². The highest BCUT2D eigenvalue weighted by Crippen LogP contribution is 2.38. The number of benzene rings is 5. The summed E-state index contributed by atoms with van der Waals surface area (Å²) in [7, 11) is 0. The Balaban J connectivity index is 1.36. The first-order valence-electron chi connectivity index (χ1n) is 13.2. The molecular formula is C36H22N2OS. The van der Waals surface area contributed by atoms with Crippen molar-refractivity contribution in [3.05, 3.63) is 133 Å². The lowest BCUT2D eigenvalue weighted by Gasteiger charge is -2.12. The summed E-state index contributed by atoms with van der Waals surface area (Å²) in [6, 6.07) is 46.2. The standard InChI is InChI=1S/C36H22N2OS/c1-2-10-23(11-3-1)26-13-5-6-14-27(26)30-22-31(35-21-24-12-4-9-17-34(24)40-35)38-36(37-30)25-18-19-29-28-15-7-8-16-32(28)39-33(29)20-25/h1-22H. The van der Waals surface area contributed by atoms with Crippen LogP contribution in [-0.4, -0.2) is 9.97 Å². The molecule has 188 valence electrons. The van der Waals surface area contributed by atoms with E-state index in [2.05, 4.69) is 109 Å². The third kappa shape index (κ3) is 3.89. The molecule has 8 rings (SSSR count). The summed E-state index contributed by atoms with van der Waals surface area (Å²) in [6.45, 7) is 0. The summed E-state index contributed by atoms with van der Waals surface area (Å²) < 4.78 is 7.45. The summed E-state index contributed by atoms with van der Waals surface area (Å²) in [4.78, 5) is 11.4. The van der Waals surface area contributed by atoms with E-state index in [4.69, 9.17) is 14.4 Å². The zero-order chi connectivity index (χ0) is 26.5. The number of hydrogen-bond acceptors (Lipinski definition) is 4. The van der Waals surface area contributed by atoms with Crippen LogP contribution in [0.4, 0.5) is 0 Å². The summed E-state index contributed by atoms with van der Waals surface area (Å²) in [5, 5.41) is 3.42. The number of nitrogens with zero attached hydrogens (tertiary/aromatic N) is 2. The van der Waals surface area contributed by atoms with Crippen molar-refractivity contribution < 1.29 is 4.42 Å². The summed E-state index contributed by atoms with van der Waals surface area (Å²) in [5.74, 6) is 0.676. The van der Waals surface area contributed by atoms with Gasteiger partial charge in [0.05, 0.1) is 16.3 Å². The minimum atomic E-state index is 0.676. The zero-order valence-electron chi connectivity index (χ0n) is 21.4. The van der Waals surface area contributed by atoms with Crippen molar-refractivity contribution in [1.82, 2.24) is 9.97 Å². The van der Waals surface area contributed by atoms with E-state index >= 15 is 0 Å². The van der Waals surface area contributed by atoms with Crippen LogP contribution in [0.15, 0.2) is 138 Å². The molecule has 0 amide bonds. The number of furan rings is 1. The van der Waals surface area contributed by atoms with Crippen molar-refractivity contribution in [1.29, 1.82) is 0 Å². The van der Waals surface area contributed by atoms with Crippen molar-refractivity contribution in [2.75, 3.05) is 0 Å². The first kappa shape index (κ1) is 22.9. The maximum absolute atomic E-state index is 6.21. The van der Waals surface area contributed by atoms with E-state index in [1.807, 2.05) is 24.3 Å². The van der Waals surface area contributed by atoms with Gasteiger partial charge in [-0.3, -0.25) is 0 Å². The third-order valence-corrected chi connectivity index (χ3v) is 8.47. The topological polar surface area (TPSA) is 38.9 Å². The Kier molecular flexibility index (Phi) is 5.32. The van der Waals surface area contributed by atoms with E-state index < -0.39 is 0 Å². The van der Waals surface area contributed by atoms with E-state index in [0.717, 1.165) is 60.5 Å². The molecule has 0 N–H and O–H groups in total. The molecule has 0 saturated heterocycles. The SMILES string of the molecule is c1ccc(-c2ccccc2-c2cc(-c3cc4ccccc4s3)nc(-c3ccc4c(c3)oc3ccccc34)n2)cc1. The number of para-hydroxylation sites is 1. The van der Waals surface area contributed by atoms with Gasteiger partial charge >= 0.3 is 0 Å². The van der Waals surface area contributed by atoms with Crippen LogP contribution in [0.2, 0.25) is 0 Å². The van der Waals surface area contributed by atoms with Gasteiger partial charge in [0.25, 0.3) is 0 Å². The minimum Gasteiger partial charge on any atom is -0.456 e. The van der Waals surface area contributed by atoms with E-state index in [1.165, 1.54) is 10.1 Å². The molecule has 3 nitrogen and oxygen atoms in total. The molecule has 40 heavy (non-hydrogen) atoms. The molecule has 5 aromatic carbocycles. The Hall–Kier alpha value is -5.06. The van der Waals surface area contributed by atoms with E-state index in [0.29, 0.717) is 5.82 Å². The average molecular weight is 531 g/mol. The number of aromatic nitrogens is 2. The molecule has 0 aliphatic heterocycles. The molecule has 0 aliphatic rings. The predicted molar refractivity (Wildman–Crippen MR) is 166 cm³/mol. The van der Waals surface area contributed by atoms with Gasteiger partial charge in [0.15, 0.2) is 5.82 Å². The summed E-state index contributed by atoms with van der Waals surface area (Å²) in [6.07, 6.45) is 0. The lowest BCUT2D eigenvalue weighted by atomic mass is 9.97. The Bertz CT molecular complexity index is 2140. The molecule has 0 unspecified atom stereocenters. The van der Waals surface area contributed by atoms with Crippen LogP contribution in [-0.2, 0) is 0 Å². The number of rotatable bonds is 4. The molecule has 0 radical (unpaired) electrons. The van der Waals surface area contributed by atoms with Crippen molar-refractivity contribution in [2.24, 2.45) is 0 Å². The van der Waals surface area contributed by atoms with Crippen LogP contribution in [0.3, 0.4) is 0 Å². The van der Waals surface area contributed by atoms with Crippen molar-refractivity contribution in [2.45, 2.75) is 0 Å². The van der Waals surface area contributed by atoms with Gasteiger partial charge in [0, 0.05) is 26.6 Å². The van der Waals surface area contributed by atoms with Gasteiger partial charge in [-0.1, -0.05) is 97.1 Å². The fourth-order valence-electron chi connectivity index (χ4n) is 5.39. The zero-order valence-corrected chi connectivity index (χ0v) is 22.2. The highest BCUT2D eigenvalue weighted by atomic mass is 32.1. The Morgan fingerprint density at radius 3 is 2.12 bits per heavy atom. The molecule has 4 heteroatoms. The van der Waals surface area contributed by atoms with Crippen LogP contribution in [0.5, 0.6) is 0 Å². The predicted octanol–water partition coefficient (Wildman–Crippen LogP) is 10.3. The fraction of sp³-hybridized carbons (Fsp3) is 0. The van der Waals surface area contributed by atoms with E-state index in [9.17, 15) is 0 Å². The van der Waals surface area contributed by atoms with Crippen molar-refractivity contribution >= 4 is 43.4 Å². The molecule has 3 heterocycles. The highest BCUT2D eigenvalue weighted by molar-refractivity contribution is 7.22. The first-order valence-corrected chi connectivity index (χ1v) is 14.1. The normalized spacial score (nSPS) is 11.5. The lowest BCUT2D eigenvalue weighted by molar-refractivity contribution is 0.669. The summed E-state index contributed by atoms with van der Waals surface area (Å²) in [5.41, 5.74) is 7.81. The maximum atomic E-state index is 6.21. The van der Waals surface area contributed by atoms with Gasteiger partial charge in [-0.25, -0.2) is 9.97 Å². The van der Waals surface area contributed by atoms with Gasteiger partial charge in [0.2, 0.25) is 0 Å². The molecule has 0 saturated carbocycles. The van der Waals surface area contributed by atoms with Gasteiger partial charge < -0.3 is 4.42 Å². The van der Waals surface area contributed by atoms with Gasteiger partial charge in [0.1, 0.15) is 11.2 Å². The second-order valence-electron chi connectivity index (χ2n) is 9.83. The minimum absolute atomic E-state index is 0.676. The van der Waals surface area contributed by atoms with Crippen LogP contribution in [0.1, 0.15) is 0 Å². The molecular weight excluding hydrogens is 508 g/mol. The number of hydrogen-bond donors (Lipinski definition) is 0.